The Morgan fingerprint density at radius 1 is 1.37 bits per heavy atom. The maximum absolute atomic E-state index is 13.4. The molecule has 0 spiro atoms. The third-order valence-electron chi connectivity index (χ3n) is 3.54. The van der Waals surface area contributed by atoms with E-state index >= 15 is 0 Å². The minimum absolute atomic E-state index is 0.267. The number of furan rings is 1. The van der Waals surface area contributed by atoms with Crippen LogP contribution in [0.3, 0.4) is 0 Å². The van der Waals surface area contributed by atoms with Gasteiger partial charge in [-0.05, 0) is 58.6 Å². The fourth-order valence-corrected chi connectivity index (χ4v) is 2.45. The van der Waals surface area contributed by atoms with Gasteiger partial charge in [-0.25, -0.2) is 4.39 Å². The van der Waals surface area contributed by atoms with Crippen LogP contribution < -0.4 is 5.32 Å². The van der Waals surface area contributed by atoms with Crippen LogP contribution in [-0.4, -0.2) is 0 Å². The maximum Gasteiger partial charge on any atom is 0.139 e. The van der Waals surface area contributed by atoms with Crippen molar-refractivity contribution in [1.29, 1.82) is 0 Å². The molecule has 0 bridgehead atoms. The molecule has 1 aliphatic rings. The van der Waals surface area contributed by atoms with Crippen LogP contribution in [0.2, 0.25) is 0 Å². The van der Waals surface area contributed by atoms with E-state index in [1.54, 1.807) is 6.07 Å². The van der Waals surface area contributed by atoms with Crippen molar-refractivity contribution in [2.24, 2.45) is 5.92 Å². The van der Waals surface area contributed by atoms with E-state index in [0.29, 0.717) is 16.9 Å². The van der Waals surface area contributed by atoms with Crippen molar-refractivity contribution in [3.63, 3.8) is 0 Å². The van der Waals surface area contributed by atoms with Crippen LogP contribution in [-0.2, 0) is 6.54 Å². The van der Waals surface area contributed by atoms with Gasteiger partial charge >= 0.3 is 0 Å². The lowest BCUT2D eigenvalue weighted by Gasteiger charge is -2.05. The number of anilines is 1. The smallest absolute Gasteiger partial charge is 0.139 e. The molecule has 1 aromatic heterocycles. The summed E-state index contributed by atoms with van der Waals surface area (Å²) in [6, 6.07) is 9.03. The second-order valence-electron chi connectivity index (χ2n) is 5.11. The second-order valence-corrected chi connectivity index (χ2v) is 5.96. The SMILES string of the molecule is CC1CC1c1ccc(CNc2ccc(Br)c(F)c2)o1. The summed E-state index contributed by atoms with van der Waals surface area (Å²) in [6.45, 7) is 2.80. The average Bonchev–Trinajstić information content (AvgIpc) is 2.94. The second kappa shape index (κ2) is 5.00. The lowest BCUT2D eigenvalue weighted by Crippen LogP contribution is -1.98. The van der Waals surface area contributed by atoms with Crippen LogP contribution in [0.5, 0.6) is 0 Å². The van der Waals surface area contributed by atoms with Gasteiger partial charge in [-0.3, -0.25) is 0 Å². The summed E-state index contributed by atoms with van der Waals surface area (Å²) in [5, 5.41) is 3.16. The standard InChI is InChI=1S/C15H15BrFNO/c1-9-6-12(9)15-5-3-11(19-15)8-18-10-2-4-13(16)14(17)7-10/h2-5,7,9,12,18H,6,8H2,1H3. The quantitative estimate of drug-likeness (QED) is 0.864. The van der Waals surface area contributed by atoms with Crippen LogP contribution in [0.25, 0.3) is 0 Å². The Morgan fingerprint density at radius 2 is 2.16 bits per heavy atom. The van der Waals surface area contributed by atoms with Crippen molar-refractivity contribution in [2.75, 3.05) is 5.32 Å². The molecule has 1 aromatic carbocycles. The first-order valence-corrected chi connectivity index (χ1v) is 7.20. The molecule has 2 nitrogen and oxygen atoms in total. The zero-order chi connectivity index (χ0) is 13.4. The lowest BCUT2D eigenvalue weighted by atomic mass is 10.3. The molecule has 1 fully saturated rings. The van der Waals surface area contributed by atoms with E-state index in [9.17, 15) is 4.39 Å². The highest BCUT2D eigenvalue weighted by Gasteiger charge is 2.36. The molecule has 1 heterocycles. The predicted molar refractivity (Wildman–Crippen MR) is 76.7 cm³/mol. The number of hydrogen-bond acceptors (Lipinski definition) is 2. The van der Waals surface area contributed by atoms with Gasteiger partial charge in [0.25, 0.3) is 0 Å². The molecule has 0 radical (unpaired) electrons. The van der Waals surface area contributed by atoms with Crippen molar-refractivity contribution >= 4 is 21.6 Å². The minimum Gasteiger partial charge on any atom is -0.464 e. The van der Waals surface area contributed by atoms with Crippen molar-refractivity contribution in [1.82, 2.24) is 0 Å². The Morgan fingerprint density at radius 3 is 2.84 bits per heavy atom. The fraction of sp³-hybridized carbons (Fsp3) is 0.333. The summed E-state index contributed by atoms with van der Waals surface area (Å²) in [5.41, 5.74) is 0.749. The monoisotopic (exact) mass is 323 g/mol. The van der Waals surface area contributed by atoms with Crippen LogP contribution in [0.4, 0.5) is 10.1 Å². The van der Waals surface area contributed by atoms with Gasteiger partial charge in [0.05, 0.1) is 11.0 Å². The summed E-state index contributed by atoms with van der Waals surface area (Å²) in [6.07, 6.45) is 1.22. The summed E-state index contributed by atoms with van der Waals surface area (Å²) in [7, 11) is 0. The molecule has 0 saturated heterocycles. The molecule has 2 unspecified atom stereocenters. The number of benzene rings is 1. The molecule has 0 amide bonds. The molecule has 1 aliphatic carbocycles. The van der Waals surface area contributed by atoms with E-state index in [4.69, 9.17) is 4.42 Å². The van der Waals surface area contributed by atoms with E-state index in [2.05, 4.69) is 28.2 Å². The Balaban J connectivity index is 1.62. The zero-order valence-electron chi connectivity index (χ0n) is 10.6. The highest BCUT2D eigenvalue weighted by atomic mass is 79.9. The molecule has 3 rings (SSSR count). The zero-order valence-corrected chi connectivity index (χ0v) is 12.2. The maximum atomic E-state index is 13.4. The van der Waals surface area contributed by atoms with Gasteiger partial charge in [-0.15, -0.1) is 0 Å². The van der Waals surface area contributed by atoms with Crippen molar-refractivity contribution in [3.05, 3.63) is 52.1 Å². The lowest BCUT2D eigenvalue weighted by molar-refractivity contribution is 0.468. The first kappa shape index (κ1) is 12.7. The first-order chi connectivity index (χ1) is 9.13. The van der Waals surface area contributed by atoms with Crippen LogP contribution >= 0.6 is 15.9 Å². The van der Waals surface area contributed by atoms with E-state index < -0.39 is 0 Å². The van der Waals surface area contributed by atoms with Crippen molar-refractivity contribution in [3.8, 4) is 0 Å². The highest BCUT2D eigenvalue weighted by Crippen LogP contribution is 2.47. The third kappa shape index (κ3) is 2.84. The molecule has 0 aliphatic heterocycles. The molecule has 2 atom stereocenters. The molecule has 100 valence electrons. The van der Waals surface area contributed by atoms with Gasteiger partial charge in [-0.1, -0.05) is 6.92 Å². The molecular weight excluding hydrogens is 309 g/mol. The Kier molecular flexibility index (Phi) is 3.35. The van der Waals surface area contributed by atoms with Gasteiger partial charge in [0.15, 0.2) is 0 Å². The summed E-state index contributed by atoms with van der Waals surface area (Å²) in [4.78, 5) is 0. The Hall–Kier alpha value is -1.29. The van der Waals surface area contributed by atoms with E-state index in [1.807, 2.05) is 18.2 Å². The number of rotatable bonds is 4. The molecular formula is C15H15BrFNO. The van der Waals surface area contributed by atoms with Gasteiger partial charge in [-0.2, -0.15) is 0 Å². The summed E-state index contributed by atoms with van der Waals surface area (Å²) in [5.74, 6) is 3.03. The van der Waals surface area contributed by atoms with Gasteiger partial charge in [0.2, 0.25) is 0 Å². The number of hydrogen-bond donors (Lipinski definition) is 1. The molecule has 1 saturated carbocycles. The van der Waals surface area contributed by atoms with E-state index in [-0.39, 0.29) is 5.82 Å². The topological polar surface area (TPSA) is 25.2 Å². The summed E-state index contributed by atoms with van der Waals surface area (Å²) >= 11 is 3.14. The van der Waals surface area contributed by atoms with Crippen LogP contribution in [0.15, 0.2) is 39.2 Å². The average molecular weight is 324 g/mol. The minimum atomic E-state index is -0.267. The van der Waals surface area contributed by atoms with E-state index in [0.717, 1.165) is 23.1 Å². The molecule has 2 aromatic rings. The van der Waals surface area contributed by atoms with Crippen LogP contribution in [0.1, 0.15) is 30.8 Å². The third-order valence-corrected chi connectivity index (χ3v) is 4.19. The fourth-order valence-electron chi connectivity index (χ4n) is 2.20. The largest absolute Gasteiger partial charge is 0.464 e. The molecule has 1 N–H and O–H groups in total. The molecule has 19 heavy (non-hydrogen) atoms. The predicted octanol–water partition coefficient (Wildman–Crippen LogP) is 4.92. The first-order valence-electron chi connectivity index (χ1n) is 6.41. The van der Waals surface area contributed by atoms with E-state index in [1.165, 1.54) is 12.5 Å². The Bertz CT molecular complexity index is 596. The van der Waals surface area contributed by atoms with Gasteiger partial charge in [0.1, 0.15) is 17.3 Å². The highest BCUT2D eigenvalue weighted by molar-refractivity contribution is 9.10. The van der Waals surface area contributed by atoms with Crippen molar-refractivity contribution in [2.45, 2.75) is 25.8 Å². The normalized spacial score (nSPS) is 21.4. The number of halogens is 2. The van der Waals surface area contributed by atoms with Gasteiger partial charge in [0, 0.05) is 11.6 Å². The van der Waals surface area contributed by atoms with Crippen LogP contribution in [0, 0.1) is 11.7 Å². The molecule has 4 heteroatoms. The Labute approximate surface area is 120 Å². The van der Waals surface area contributed by atoms with Crippen molar-refractivity contribution < 1.29 is 8.81 Å². The van der Waals surface area contributed by atoms with Gasteiger partial charge < -0.3 is 9.73 Å². The summed E-state index contributed by atoms with van der Waals surface area (Å²) < 4.78 is 19.6. The number of nitrogens with one attached hydrogen (secondary N) is 1.